The molecule has 0 saturated carbocycles. The number of phosphoric ester groups is 1. The van der Waals surface area contributed by atoms with Crippen LogP contribution < -0.4 is 10.2 Å². The fourth-order valence-corrected chi connectivity index (χ4v) is 4.14. The molecule has 8 nitrogen and oxygen atoms in total. The highest BCUT2D eigenvalue weighted by molar-refractivity contribution is 7.45. The minimum atomic E-state index is -4.52. The minimum Gasteiger partial charge on any atom is -0.756 e. The Bertz CT molecular complexity index is 594. The first-order valence-electron chi connectivity index (χ1n) is 13.0. The first-order valence-corrected chi connectivity index (χ1v) is 14.5. The minimum absolute atomic E-state index is 0.00348. The highest BCUT2D eigenvalue weighted by atomic mass is 31.2. The van der Waals surface area contributed by atoms with E-state index in [-0.39, 0.29) is 12.5 Å². The third-order valence-electron chi connectivity index (χ3n) is 5.53. The van der Waals surface area contributed by atoms with E-state index in [9.17, 15) is 19.4 Å². The number of likely N-dealkylation sites (N-methyl/N-ethyl adjacent to an activating group) is 1. The lowest BCUT2D eigenvalue weighted by Gasteiger charge is -2.29. The number of carbonyl (C=O) groups is 1. The zero-order valence-electron chi connectivity index (χ0n) is 22.3. The molecule has 0 heterocycles. The average Bonchev–Trinajstić information content (AvgIpc) is 2.73. The van der Waals surface area contributed by atoms with Gasteiger partial charge in [0.05, 0.1) is 39.9 Å². The Balaban J connectivity index is 4.16. The van der Waals surface area contributed by atoms with Crippen LogP contribution in [0.15, 0.2) is 12.2 Å². The van der Waals surface area contributed by atoms with Crippen LogP contribution in [-0.4, -0.2) is 68.5 Å². The van der Waals surface area contributed by atoms with Gasteiger partial charge in [-0.1, -0.05) is 83.3 Å². The van der Waals surface area contributed by atoms with Gasteiger partial charge in [-0.05, 0) is 12.8 Å². The van der Waals surface area contributed by atoms with Crippen LogP contribution in [0.25, 0.3) is 0 Å². The molecule has 34 heavy (non-hydrogen) atoms. The number of nitrogens with one attached hydrogen (secondary N) is 1. The van der Waals surface area contributed by atoms with E-state index in [1.807, 2.05) is 27.2 Å². The van der Waals surface area contributed by atoms with Gasteiger partial charge in [0, 0.05) is 6.92 Å². The quantitative estimate of drug-likeness (QED) is 0.0980. The smallest absolute Gasteiger partial charge is 0.268 e. The summed E-state index contributed by atoms with van der Waals surface area (Å²) in [4.78, 5) is 23.5. The van der Waals surface area contributed by atoms with Gasteiger partial charge in [0.2, 0.25) is 5.91 Å². The molecular weight excluding hydrogens is 455 g/mol. The fourth-order valence-electron chi connectivity index (χ4n) is 3.42. The van der Waals surface area contributed by atoms with E-state index in [1.54, 1.807) is 6.08 Å². The summed E-state index contributed by atoms with van der Waals surface area (Å²) in [5, 5.41) is 12.9. The van der Waals surface area contributed by atoms with E-state index in [1.165, 1.54) is 64.7 Å². The Morgan fingerprint density at radius 2 is 1.53 bits per heavy atom. The topological polar surface area (TPSA) is 108 Å². The van der Waals surface area contributed by atoms with E-state index >= 15 is 0 Å². The molecule has 3 unspecified atom stereocenters. The maximum Gasteiger partial charge on any atom is 0.268 e. The summed E-state index contributed by atoms with van der Waals surface area (Å²) in [5.41, 5.74) is 0. The number of carbonyl (C=O) groups excluding carboxylic acids is 1. The fraction of sp³-hybridized carbons (Fsp3) is 0.880. The van der Waals surface area contributed by atoms with Gasteiger partial charge >= 0.3 is 0 Å². The van der Waals surface area contributed by atoms with Gasteiger partial charge in [0.15, 0.2) is 0 Å². The van der Waals surface area contributed by atoms with Crippen molar-refractivity contribution in [1.82, 2.24) is 5.32 Å². The SMILES string of the molecule is CCCCCCCCCCCCCC=CC(O)C(COP(=O)([O-])OCC[N+](C)(C)C)NC(C)=O. The Hall–Kier alpha value is -0.760. The molecule has 0 aliphatic rings. The second-order valence-electron chi connectivity index (χ2n) is 10.1. The molecule has 0 aromatic heterocycles. The summed E-state index contributed by atoms with van der Waals surface area (Å²) in [6.45, 7) is 3.65. The van der Waals surface area contributed by atoms with Crippen molar-refractivity contribution in [2.45, 2.75) is 103 Å². The van der Waals surface area contributed by atoms with E-state index in [2.05, 4.69) is 12.2 Å². The van der Waals surface area contributed by atoms with E-state index in [0.717, 1.165) is 19.3 Å². The summed E-state index contributed by atoms with van der Waals surface area (Å²) < 4.78 is 22.3. The van der Waals surface area contributed by atoms with E-state index in [4.69, 9.17) is 9.05 Å². The first kappa shape index (κ1) is 33.2. The predicted molar refractivity (Wildman–Crippen MR) is 136 cm³/mol. The van der Waals surface area contributed by atoms with Gasteiger partial charge in [-0.25, -0.2) is 0 Å². The number of nitrogens with zero attached hydrogens (tertiary/aromatic N) is 1. The van der Waals surface area contributed by atoms with Gasteiger partial charge in [0.25, 0.3) is 7.82 Å². The Morgan fingerprint density at radius 3 is 2.03 bits per heavy atom. The van der Waals surface area contributed by atoms with Crippen molar-refractivity contribution < 1.29 is 32.9 Å². The van der Waals surface area contributed by atoms with Crippen LogP contribution in [0.2, 0.25) is 0 Å². The summed E-state index contributed by atoms with van der Waals surface area (Å²) in [6, 6.07) is -0.879. The van der Waals surface area contributed by atoms with Gasteiger partial charge in [-0.2, -0.15) is 0 Å². The molecule has 9 heteroatoms. The van der Waals surface area contributed by atoms with Crippen LogP contribution in [0.4, 0.5) is 0 Å². The highest BCUT2D eigenvalue weighted by Crippen LogP contribution is 2.38. The summed E-state index contributed by atoms with van der Waals surface area (Å²) in [6.07, 6.45) is 17.3. The number of phosphoric acid groups is 1. The lowest BCUT2D eigenvalue weighted by molar-refractivity contribution is -0.870. The van der Waals surface area contributed by atoms with Crippen LogP contribution >= 0.6 is 7.82 Å². The number of aliphatic hydroxyl groups excluding tert-OH is 1. The van der Waals surface area contributed by atoms with Crippen molar-refractivity contribution >= 4 is 13.7 Å². The second-order valence-corrected chi connectivity index (χ2v) is 11.6. The number of amides is 1. The average molecular weight is 507 g/mol. The number of rotatable bonds is 22. The molecule has 0 fully saturated rings. The molecular formula is C25H51N2O6P. The third kappa shape index (κ3) is 21.8. The molecule has 0 aliphatic heterocycles. The number of allylic oxidation sites excluding steroid dienone is 1. The van der Waals surface area contributed by atoms with Crippen molar-refractivity contribution in [3.8, 4) is 0 Å². The molecule has 0 rings (SSSR count). The maximum absolute atomic E-state index is 12.0. The molecule has 0 radical (unpaired) electrons. The Labute approximate surface area is 208 Å². The molecule has 0 bridgehead atoms. The van der Waals surface area contributed by atoms with Gasteiger partial charge in [-0.3, -0.25) is 9.36 Å². The molecule has 0 spiro atoms. The molecule has 202 valence electrons. The molecule has 3 atom stereocenters. The summed E-state index contributed by atoms with van der Waals surface area (Å²) in [5.74, 6) is -0.377. The van der Waals surface area contributed by atoms with Gasteiger partial charge in [0.1, 0.15) is 13.2 Å². The van der Waals surface area contributed by atoms with Crippen LogP contribution in [-0.2, 0) is 18.4 Å². The van der Waals surface area contributed by atoms with E-state index < -0.39 is 26.6 Å². The van der Waals surface area contributed by atoms with Crippen molar-refractivity contribution in [1.29, 1.82) is 0 Å². The lowest BCUT2D eigenvalue weighted by atomic mass is 10.0. The van der Waals surface area contributed by atoms with Gasteiger partial charge in [-0.15, -0.1) is 0 Å². The molecule has 0 aliphatic carbocycles. The highest BCUT2D eigenvalue weighted by Gasteiger charge is 2.22. The number of quaternary nitrogens is 1. The monoisotopic (exact) mass is 506 g/mol. The van der Waals surface area contributed by atoms with E-state index in [0.29, 0.717) is 11.0 Å². The lowest BCUT2D eigenvalue weighted by Crippen LogP contribution is -2.45. The first-order chi connectivity index (χ1) is 16.0. The zero-order valence-corrected chi connectivity index (χ0v) is 23.2. The van der Waals surface area contributed by atoms with Crippen molar-refractivity contribution in [3.63, 3.8) is 0 Å². The van der Waals surface area contributed by atoms with Crippen molar-refractivity contribution in [2.75, 3.05) is 40.9 Å². The maximum atomic E-state index is 12.0. The van der Waals surface area contributed by atoms with Crippen LogP contribution in [0.5, 0.6) is 0 Å². The van der Waals surface area contributed by atoms with Crippen LogP contribution in [0.3, 0.4) is 0 Å². The summed E-state index contributed by atoms with van der Waals surface area (Å²) >= 11 is 0. The molecule has 2 N–H and O–H groups in total. The van der Waals surface area contributed by atoms with Crippen molar-refractivity contribution in [3.05, 3.63) is 12.2 Å². The molecule has 0 saturated heterocycles. The predicted octanol–water partition coefficient (Wildman–Crippen LogP) is 4.32. The molecule has 1 amide bonds. The largest absolute Gasteiger partial charge is 0.756 e. The Kier molecular flexibility index (Phi) is 19.0. The number of hydrogen-bond donors (Lipinski definition) is 2. The number of hydrogen-bond acceptors (Lipinski definition) is 6. The van der Waals surface area contributed by atoms with Crippen LogP contribution in [0.1, 0.15) is 90.9 Å². The normalized spacial score (nSPS) is 15.9. The summed E-state index contributed by atoms with van der Waals surface area (Å²) in [7, 11) is 1.25. The Morgan fingerprint density at radius 1 is 1.00 bits per heavy atom. The molecule has 0 aromatic carbocycles. The third-order valence-corrected chi connectivity index (χ3v) is 6.50. The standard InChI is InChI=1S/C25H51N2O6P/c1-6-7-8-9-10-11-12-13-14-15-16-17-18-19-25(29)24(26-23(2)28)22-33-34(30,31)32-21-20-27(3,4)5/h18-19,24-25,29H,6-17,20-22H2,1-5H3,(H-,26,28,30,31). The number of unbranched alkanes of at least 4 members (excludes halogenated alkanes) is 11. The van der Waals surface area contributed by atoms with Crippen molar-refractivity contribution in [2.24, 2.45) is 0 Å². The van der Waals surface area contributed by atoms with Crippen LogP contribution in [0, 0.1) is 0 Å². The second kappa shape index (κ2) is 19.4. The van der Waals surface area contributed by atoms with Gasteiger partial charge < -0.3 is 28.8 Å². The number of aliphatic hydroxyl groups is 1. The molecule has 0 aromatic rings. The zero-order chi connectivity index (χ0) is 25.9.